The number of nitrogens with one attached hydrogen (secondary N) is 1. The Morgan fingerprint density at radius 3 is 2.00 bits per heavy atom. The monoisotopic (exact) mass is 382 g/mol. The van der Waals surface area contributed by atoms with Gasteiger partial charge in [0, 0.05) is 5.56 Å². The van der Waals surface area contributed by atoms with Crippen LogP contribution in [0.15, 0.2) is 84.0 Å². The lowest BCUT2D eigenvalue weighted by Gasteiger charge is -2.16. The third kappa shape index (κ3) is 4.31. The molecule has 0 unspecified atom stereocenters. The molecule has 0 fully saturated rings. The normalized spacial score (nSPS) is 11.0. The minimum Gasteiger partial charge on any atom is -0.272 e. The minimum atomic E-state index is -0.454. The number of carbonyl (C=O) groups is 1. The van der Waals surface area contributed by atoms with Gasteiger partial charge in [0.05, 0.1) is 22.2 Å². The van der Waals surface area contributed by atoms with Crippen molar-refractivity contribution >= 4 is 35.3 Å². The van der Waals surface area contributed by atoms with Crippen LogP contribution in [0.3, 0.4) is 0 Å². The highest BCUT2D eigenvalue weighted by molar-refractivity contribution is 6.43. The van der Waals surface area contributed by atoms with Crippen molar-refractivity contribution in [1.82, 2.24) is 5.43 Å². The molecule has 1 amide bonds. The van der Waals surface area contributed by atoms with Crippen LogP contribution in [-0.2, 0) is 4.79 Å². The van der Waals surface area contributed by atoms with Crippen molar-refractivity contribution in [2.24, 2.45) is 5.10 Å². The molecule has 0 saturated heterocycles. The predicted molar refractivity (Wildman–Crippen MR) is 107 cm³/mol. The first kappa shape index (κ1) is 18.2. The van der Waals surface area contributed by atoms with E-state index < -0.39 is 5.92 Å². The maximum absolute atomic E-state index is 12.8. The molecule has 3 nitrogen and oxygen atoms in total. The predicted octanol–water partition coefficient (Wildman–Crippen LogP) is 5.28. The van der Waals surface area contributed by atoms with E-state index in [1.54, 1.807) is 18.2 Å². The van der Waals surface area contributed by atoms with Crippen LogP contribution in [0.2, 0.25) is 10.0 Å². The molecule has 0 bridgehead atoms. The van der Waals surface area contributed by atoms with Gasteiger partial charge in [-0.2, -0.15) is 5.10 Å². The second-order valence-electron chi connectivity index (χ2n) is 5.63. The molecule has 1 N–H and O–H groups in total. The third-order valence-electron chi connectivity index (χ3n) is 3.89. The van der Waals surface area contributed by atoms with Crippen molar-refractivity contribution in [2.75, 3.05) is 0 Å². The van der Waals surface area contributed by atoms with Gasteiger partial charge in [0.15, 0.2) is 0 Å². The standard InChI is InChI=1S/C21H16Cl2N2O/c22-18-13-7-12-17(20(18)23)14-24-25-21(26)19(15-8-3-1-4-9-15)16-10-5-2-6-11-16/h1-14,19H,(H,25,26)/b24-14-. The van der Waals surface area contributed by atoms with Gasteiger partial charge in [-0.15, -0.1) is 0 Å². The summed E-state index contributed by atoms with van der Waals surface area (Å²) in [5.41, 5.74) is 5.03. The number of carbonyl (C=O) groups excluding carboxylic acids is 1. The van der Waals surface area contributed by atoms with E-state index in [4.69, 9.17) is 23.2 Å². The molecule has 3 aromatic rings. The number of amides is 1. The highest BCUT2D eigenvalue weighted by atomic mass is 35.5. The summed E-state index contributed by atoms with van der Waals surface area (Å²) in [6.07, 6.45) is 1.49. The smallest absolute Gasteiger partial charge is 0.252 e. The Hall–Kier alpha value is -2.62. The molecule has 130 valence electrons. The molecule has 0 spiro atoms. The largest absolute Gasteiger partial charge is 0.272 e. The third-order valence-corrected chi connectivity index (χ3v) is 4.72. The van der Waals surface area contributed by atoms with Gasteiger partial charge in [0.1, 0.15) is 0 Å². The van der Waals surface area contributed by atoms with E-state index in [2.05, 4.69) is 10.5 Å². The lowest BCUT2D eigenvalue weighted by atomic mass is 9.91. The van der Waals surface area contributed by atoms with E-state index in [1.165, 1.54) is 6.21 Å². The summed E-state index contributed by atoms with van der Waals surface area (Å²) in [7, 11) is 0. The zero-order valence-electron chi connectivity index (χ0n) is 13.8. The van der Waals surface area contributed by atoms with E-state index in [1.807, 2.05) is 60.7 Å². The summed E-state index contributed by atoms with van der Waals surface area (Å²) in [5.74, 6) is -0.679. The zero-order chi connectivity index (χ0) is 18.4. The molecule has 0 aliphatic rings. The fraction of sp³-hybridized carbons (Fsp3) is 0.0476. The van der Waals surface area contributed by atoms with Crippen LogP contribution in [0.25, 0.3) is 0 Å². The summed E-state index contributed by atoms with van der Waals surface area (Å²) in [6, 6.07) is 24.4. The molecular weight excluding hydrogens is 367 g/mol. The SMILES string of the molecule is O=C(N/N=C\c1cccc(Cl)c1Cl)C(c1ccccc1)c1ccccc1. The molecule has 0 atom stereocenters. The van der Waals surface area contributed by atoms with Gasteiger partial charge in [-0.05, 0) is 17.2 Å². The number of nitrogens with zero attached hydrogens (tertiary/aromatic N) is 1. The Bertz CT molecular complexity index is 872. The average molecular weight is 383 g/mol. The van der Waals surface area contributed by atoms with E-state index in [0.717, 1.165) is 11.1 Å². The van der Waals surface area contributed by atoms with Gasteiger partial charge < -0.3 is 0 Å². The first-order valence-corrected chi connectivity index (χ1v) is 8.79. The van der Waals surface area contributed by atoms with Crippen molar-refractivity contribution in [3.8, 4) is 0 Å². The van der Waals surface area contributed by atoms with Crippen molar-refractivity contribution in [2.45, 2.75) is 5.92 Å². The van der Waals surface area contributed by atoms with Gasteiger partial charge in [-0.3, -0.25) is 4.79 Å². The van der Waals surface area contributed by atoms with E-state index >= 15 is 0 Å². The number of halogens is 2. The highest BCUT2D eigenvalue weighted by Crippen LogP contribution is 2.25. The van der Waals surface area contributed by atoms with Gasteiger partial charge in [-0.1, -0.05) is 96.0 Å². The second kappa shape index (κ2) is 8.65. The molecule has 5 heteroatoms. The lowest BCUT2D eigenvalue weighted by molar-refractivity contribution is -0.121. The molecule has 3 aromatic carbocycles. The second-order valence-corrected chi connectivity index (χ2v) is 6.42. The number of hydrazone groups is 1. The van der Waals surface area contributed by atoms with Crippen LogP contribution in [0.4, 0.5) is 0 Å². The molecular formula is C21H16Cl2N2O. The molecule has 0 aliphatic carbocycles. The van der Waals surface area contributed by atoms with Crippen LogP contribution in [0.1, 0.15) is 22.6 Å². The van der Waals surface area contributed by atoms with Crippen molar-refractivity contribution < 1.29 is 4.79 Å². The Morgan fingerprint density at radius 1 is 0.846 bits per heavy atom. The van der Waals surface area contributed by atoms with Crippen molar-refractivity contribution in [3.63, 3.8) is 0 Å². The Labute approximate surface area is 162 Å². The van der Waals surface area contributed by atoms with Crippen molar-refractivity contribution in [3.05, 3.63) is 106 Å². The lowest BCUT2D eigenvalue weighted by Crippen LogP contribution is -2.26. The van der Waals surface area contributed by atoms with Crippen LogP contribution < -0.4 is 5.43 Å². The van der Waals surface area contributed by atoms with Crippen molar-refractivity contribution in [1.29, 1.82) is 0 Å². The van der Waals surface area contributed by atoms with Gasteiger partial charge >= 0.3 is 0 Å². The van der Waals surface area contributed by atoms with E-state index in [-0.39, 0.29) is 5.91 Å². The molecule has 0 saturated carbocycles. The molecule has 0 heterocycles. The topological polar surface area (TPSA) is 41.5 Å². The maximum Gasteiger partial charge on any atom is 0.252 e. The van der Waals surface area contributed by atoms with Gasteiger partial charge in [0.25, 0.3) is 5.91 Å². The molecule has 0 aromatic heterocycles. The van der Waals surface area contributed by atoms with Crippen LogP contribution in [-0.4, -0.2) is 12.1 Å². The summed E-state index contributed by atoms with van der Waals surface area (Å²) in [5, 5.41) is 4.88. The first-order valence-electron chi connectivity index (χ1n) is 8.03. The molecule has 0 aliphatic heterocycles. The van der Waals surface area contributed by atoms with Crippen LogP contribution in [0, 0.1) is 0 Å². The average Bonchev–Trinajstić information content (AvgIpc) is 2.67. The summed E-state index contributed by atoms with van der Waals surface area (Å²) in [4.78, 5) is 12.8. The van der Waals surface area contributed by atoms with Crippen LogP contribution in [0.5, 0.6) is 0 Å². The summed E-state index contributed by atoms with van der Waals surface area (Å²) in [6.45, 7) is 0. The number of hydrogen-bond acceptors (Lipinski definition) is 2. The summed E-state index contributed by atoms with van der Waals surface area (Å²) >= 11 is 12.1. The number of rotatable bonds is 5. The van der Waals surface area contributed by atoms with E-state index in [0.29, 0.717) is 15.6 Å². The zero-order valence-corrected chi connectivity index (χ0v) is 15.3. The quantitative estimate of drug-likeness (QED) is 0.473. The number of benzene rings is 3. The van der Waals surface area contributed by atoms with E-state index in [9.17, 15) is 4.79 Å². The fourth-order valence-electron chi connectivity index (χ4n) is 2.64. The Balaban J connectivity index is 1.82. The first-order chi connectivity index (χ1) is 12.7. The summed E-state index contributed by atoms with van der Waals surface area (Å²) < 4.78 is 0. The van der Waals surface area contributed by atoms with Crippen LogP contribution >= 0.6 is 23.2 Å². The minimum absolute atomic E-state index is 0.225. The molecule has 26 heavy (non-hydrogen) atoms. The van der Waals surface area contributed by atoms with Gasteiger partial charge in [0.2, 0.25) is 0 Å². The Kier molecular flexibility index (Phi) is 6.05. The molecule has 0 radical (unpaired) electrons. The van der Waals surface area contributed by atoms with Gasteiger partial charge in [-0.25, -0.2) is 5.43 Å². The fourth-order valence-corrected chi connectivity index (χ4v) is 2.99. The molecule has 3 rings (SSSR count). The maximum atomic E-state index is 12.8. The highest BCUT2D eigenvalue weighted by Gasteiger charge is 2.22. The Morgan fingerprint density at radius 2 is 1.42 bits per heavy atom. The number of hydrogen-bond donors (Lipinski definition) is 1.